The second-order valence-corrected chi connectivity index (χ2v) is 89.8. The van der Waals surface area contributed by atoms with Gasteiger partial charge in [-0.15, -0.1) is 80.4 Å². The van der Waals surface area contributed by atoms with E-state index >= 15 is 0 Å². The third-order valence-corrected chi connectivity index (χ3v) is 121. The molecule has 0 bridgehead atoms. The van der Waals surface area contributed by atoms with Crippen LogP contribution in [0.2, 0.25) is 18.1 Å². The van der Waals surface area contributed by atoms with Crippen LogP contribution in [-0.4, -0.2) is 83.6 Å². The highest BCUT2D eigenvalue weighted by molar-refractivity contribution is 9.31. The minimum atomic E-state index is -1.77. The Balaban J connectivity index is 0.000000168. The summed E-state index contributed by atoms with van der Waals surface area (Å²) in [5.74, 6) is 0. The number of imidazole rings is 4. The van der Waals surface area contributed by atoms with Gasteiger partial charge < -0.3 is 13.9 Å². The molecule has 8 aromatic heterocycles. The van der Waals surface area contributed by atoms with E-state index in [-0.39, 0.29) is 71.9 Å². The molecule has 8 heterocycles. The smallest absolute Gasteiger partial charge is 0.329 e. The zero-order valence-electron chi connectivity index (χ0n) is 45.6. The molecule has 432 valence electrons. The van der Waals surface area contributed by atoms with Crippen LogP contribution in [0.5, 0.6) is 0 Å². The van der Waals surface area contributed by atoms with Gasteiger partial charge in [0.15, 0.2) is 19.6 Å². The summed E-state index contributed by atoms with van der Waals surface area (Å²) >= 11 is 0. The summed E-state index contributed by atoms with van der Waals surface area (Å²) in [6.07, 6.45) is 29.4. The zero-order chi connectivity index (χ0) is 57.6. The van der Waals surface area contributed by atoms with Gasteiger partial charge in [0.1, 0.15) is 0 Å². The number of aliphatic hydroxyl groups is 1. The van der Waals surface area contributed by atoms with E-state index < -0.39 is 8.32 Å². The SMILES string of the molecule is CC(C)(C)[Si](C)(C)OCC/C=C/c1c(Cn2c(=O)n(C3CC3)c3ccncc32)nc2cnccn12.O=c1n(Cc2nc3cnccn3c2CCCCO)c2cnccc2n1C1CC1.PPP(P(P)P)P(P(P)P)P(P(P)P)P(P)P. The van der Waals surface area contributed by atoms with Crippen LogP contribution in [0.15, 0.2) is 89.8 Å². The first-order valence-corrected chi connectivity index (χ1v) is 59.0. The van der Waals surface area contributed by atoms with Crippen molar-refractivity contribution in [1.29, 1.82) is 0 Å². The number of hydrogen-bond acceptors (Lipinski definition) is 10. The molecule has 0 aliphatic heterocycles. The van der Waals surface area contributed by atoms with Crippen LogP contribution in [0, 0.1) is 0 Å². The summed E-state index contributed by atoms with van der Waals surface area (Å²) in [4.78, 5) is 53.1. The second kappa shape index (κ2) is 30.7. The lowest BCUT2D eigenvalue weighted by Gasteiger charge is -2.41. The van der Waals surface area contributed by atoms with Crippen molar-refractivity contribution in [3.05, 3.63) is 124 Å². The number of aliphatic hydroxyl groups excluding tert-OH is 1. The first kappa shape index (κ1) is 67.2. The molecule has 0 saturated heterocycles. The second-order valence-electron chi connectivity index (χ2n) is 20.7. The lowest BCUT2D eigenvalue weighted by Crippen LogP contribution is -2.40. The molecule has 34 heteroatoms. The third kappa shape index (κ3) is 16.4. The molecule has 16 nitrogen and oxygen atoms in total. The highest BCUT2D eigenvalue weighted by Crippen LogP contribution is 3.25. The normalized spacial score (nSPS) is 15.3. The zero-order valence-corrected chi connectivity index (χ0v) is 64.2. The molecular formula is C46H75N12O4P17Si. The largest absolute Gasteiger partial charge is 0.417 e. The Bertz CT molecular complexity index is 3510. The van der Waals surface area contributed by atoms with Crippen LogP contribution in [0.1, 0.15) is 101 Å². The lowest BCUT2D eigenvalue weighted by molar-refractivity contribution is 0.284. The predicted molar refractivity (Wildman–Crippen MR) is 390 cm³/mol. The van der Waals surface area contributed by atoms with Crippen molar-refractivity contribution in [3.8, 4) is 0 Å². The summed E-state index contributed by atoms with van der Waals surface area (Å²) in [6.45, 7) is 13.9. The summed E-state index contributed by atoms with van der Waals surface area (Å²) in [5.41, 5.74) is 8.83. The first-order valence-electron chi connectivity index (χ1n) is 25.8. The quantitative estimate of drug-likeness (QED) is 0.0391. The van der Waals surface area contributed by atoms with Gasteiger partial charge in [0.2, 0.25) is 0 Å². The number of pyridine rings is 2. The van der Waals surface area contributed by atoms with E-state index in [9.17, 15) is 9.59 Å². The van der Waals surface area contributed by atoms with E-state index in [0.717, 1.165) is 115 Å². The van der Waals surface area contributed by atoms with E-state index in [0.29, 0.717) is 31.8 Å². The molecule has 10 rings (SSSR count). The number of unbranched alkanes of at least 4 members (excludes halogenated alkanes) is 1. The van der Waals surface area contributed by atoms with E-state index in [2.05, 4.69) is 146 Å². The molecule has 2 fully saturated rings. The van der Waals surface area contributed by atoms with Crippen LogP contribution in [-0.2, 0) is 23.9 Å². The summed E-state index contributed by atoms with van der Waals surface area (Å²) in [7, 11) is 27.2. The average Bonchev–Trinajstić information content (AvgIpc) is 4.38. The Labute approximate surface area is 500 Å². The Hall–Kier alpha value is 1.27. The molecule has 2 aliphatic carbocycles. The van der Waals surface area contributed by atoms with Gasteiger partial charge in [-0.1, -0.05) is 34.8 Å². The Morgan fingerprint density at radius 2 is 1.19 bits per heavy atom. The van der Waals surface area contributed by atoms with Crippen molar-refractivity contribution >= 4 is 185 Å². The fourth-order valence-electron chi connectivity index (χ4n) is 8.87. The lowest BCUT2D eigenvalue weighted by atomic mass is 10.1. The number of fused-ring (bicyclic) bond motifs is 4. The van der Waals surface area contributed by atoms with Crippen molar-refractivity contribution < 1.29 is 9.53 Å². The van der Waals surface area contributed by atoms with Gasteiger partial charge >= 0.3 is 11.4 Å². The Morgan fingerprint density at radius 3 is 1.68 bits per heavy atom. The highest BCUT2D eigenvalue weighted by atomic mass is 33.4. The van der Waals surface area contributed by atoms with E-state index in [1.54, 1.807) is 58.7 Å². The molecule has 2 saturated carbocycles. The summed E-state index contributed by atoms with van der Waals surface area (Å²) in [5, 5.41) is 9.34. The predicted octanol–water partition coefficient (Wildman–Crippen LogP) is 16.5. The van der Waals surface area contributed by atoms with Crippen molar-refractivity contribution in [2.75, 3.05) is 13.2 Å². The highest BCUT2D eigenvalue weighted by Gasteiger charge is 2.38. The number of rotatable bonds is 22. The van der Waals surface area contributed by atoms with Gasteiger partial charge in [0.25, 0.3) is 0 Å². The van der Waals surface area contributed by atoms with Crippen molar-refractivity contribution in [2.24, 2.45) is 0 Å². The molecule has 12 atom stereocenters. The monoisotopic (exact) mass is 1410 g/mol. The minimum absolute atomic E-state index is 0.00184. The molecule has 8 aromatic rings. The van der Waals surface area contributed by atoms with E-state index in [1.165, 1.54) is 0 Å². The molecule has 1 N–H and O–H groups in total. The molecule has 0 aromatic carbocycles. The van der Waals surface area contributed by atoms with Crippen LogP contribution >= 0.6 is 137 Å². The minimum Gasteiger partial charge on any atom is -0.417 e. The fourth-order valence-corrected chi connectivity index (χ4v) is 199. The van der Waals surface area contributed by atoms with Gasteiger partial charge in [-0.3, -0.25) is 42.6 Å². The van der Waals surface area contributed by atoms with Gasteiger partial charge in [-0.05, 0) is 137 Å². The van der Waals surface area contributed by atoms with Gasteiger partial charge in [0, 0.05) is 68.2 Å². The average molecular weight is 1410 g/mol. The van der Waals surface area contributed by atoms with E-state index in [1.807, 2.05) is 42.5 Å². The topological polar surface area (TPSA) is 169 Å². The van der Waals surface area contributed by atoms with Gasteiger partial charge in [0.05, 0.1) is 77.0 Å². The summed E-state index contributed by atoms with van der Waals surface area (Å²) in [6, 6.07) is 4.44. The molecule has 0 spiro atoms. The van der Waals surface area contributed by atoms with Crippen molar-refractivity contribution in [1.82, 2.24) is 57.0 Å². The van der Waals surface area contributed by atoms with Crippen molar-refractivity contribution in [2.45, 2.75) is 115 Å². The standard InChI is InChI=1S/C26H34N6O2Si.C20H22N6O2.H19P17/c1-26(2,3)35(4,5)34-15-7-6-8-21-20(29-24-17-28-13-14-30(21)24)18-31-23-16-27-12-11-22(23)32(25(31)33)19-9-10-19;27-10-2-1-3-16-15(23-19-12-22-8-9-24(16)19)13-25-18-11-21-7-6-17(18)26(20(25)28)14-4-5-14;1-10-15(11(2)3)17(14(8)9)16(12(4)5)13(6)7/h6,8,11-14,16-17,19H,7,9-10,15,18H2,1-5H3;6-9,11-12,14,27H,1-5,10,13H2;10H,1-9H2/b8-6+;;. The molecule has 12 unspecified atom stereocenters. The molecule has 2 aliphatic rings. The van der Waals surface area contributed by atoms with Gasteiger partial charge in [-0.2, -0.15) is 0 Å². The number of hydrogen-bond donors (Lipinski definition) is 1. The molecular weight excluding hydrogens is 1340 g/mol. The van der Waals surface area contributed by atoms with Crippen LogP contribution < -0.4 is 11.4 Å². The maximum atomic E-state index is 13.4. The Morgan fingerprint density at radius 1 is 0.688 bits per heavy atom. The van der Waals surface area contributed by atoms with Gasteiger partial charge in [-0.25, -0.2) is 19.6 Å². The first-order chi connectivity index (χ1) is 38.2. The molecule has 0 radical (unpaired) electrons. The van der Waals surface area contributed by atoms with Crippen LogP contribution in [0.25, 0.3) is 39.4 Å². The van der Waals surface area contributed by atoms with Crippen LogP contribution in [0.3, 0.4) is 0 Å². The fraction of sp³-hybridized carbons (Fsp3) is 0.435. The summed E-state index contributed by atoms with van der Waals surface area (Å²) < 4.78 is 17.8. The molecule has 80 heavy (non-hydrogen) atoms. The number of aryl methyl sites for hydroxylation is 1. The number of nitrogens with zero attached hydrogens (tertiary/aromatic N) is 12. The molecule has 0 amide bonds. The van der Waals surface area contributed by atoms with Crippen LogP contribution in [0.4, 0.5) is 0 Å². The number of aromatic nitrogens is 12. The maximum absolute atomic E-state index is 13.4. The van der Waals surface area contributed by atoms with E-state index in [4.69, 9.17) is 19.5 Å². The third-order valence-electron chi connectivity index (χ3n) is 14.1. The van der Waals surface area contributed by atoms with Crippen molar-refractivity contribution in [3.63, 3.8) is 0 Å². The Kier molecular flexibility index (Phi) is 25.8. The maximum Gasteiger partial charge on any atom is 0.329 e.